The minimum atomic E-state index is -0.496. The summed E-state index contributed by atoms with van der Waals surface area (Å²) in [6, 6.07) is 8.79. The van der Waals surface area contributed by atoms with Crippen LogP contribution >= 0.6 is 45.3 Å². The number of esters is 2. The number of hydrogen-bond donors (Lipinski definition) is 0. The second-order valence-corrected chi connectivity index (χ2v) is 19.7. The van der Waals surface area contributed by atoms with Crippen LogP contribution in [0.1, 0.15) is 170 Å². The Labute approximate surface area is 340 Å². The summed E-state index contributed by atoms with van der Waals surface area (Å²) in [5, 5.41) is 0. The van der Waals surface area contributed by atoms with Crippen molar-refractivity contribution in [1.82, 2.24) is 0 Å². The van der Waals surface area contributed by atoms with E-state index >= 15 is 0 Å². The number of carbonyl (C=O) groups is 2. The highest BCUT2D eigenvalue weighted by atomic mass is 32.1. The molecule has 0 aliphatic carbocycles. The minimum absolute atomic E-state index is 0.274. The van der Waals surface area contributed by atoms with Crippen LogP contribution in [-0.2, 0) is 31.9 Å². The number of ether oxygens (including phenoxy) is 2. The van der Waals surface area contributed by atoms with Gasteiger partial charge in [-0.3, -0.25) is 0 Å². The number of fused-ring (bicyclic) bond motifs is 2. The molecule has 2 aliphatic rings. The van der Waals surface area contributed by atoms with E-state index in [1.54, 1.807) is 23.8 Å². The lowest BCUT2D eigenvalue weighted by Gasteiger charge is -2.06. The number of cyclic esters (lactones) is 2. The number of thiophene rings is 4. The van der Waals surface area contributed by atoms with Crippen LogP contribution in [0.15, 0.2) is 41.2 Å². The molecule has 0 saturated carbocycles. The van der Waals surface area contributed by atoms with Gasteiger partial charge in [-0.15, -0.1) is 45.3 Å². The van der Waals surface area contributed by atoms with Gasteiger partial charge in [-0.2, -0.15) is 0 Å². The van der Waals surface area contributed by atoms with Gasteiger partial charge in [0, 0.05) is 33.8 Å². The molecule has 54 heavy (non-hydrogen) atoms. The number of hydrogen-bond acceptors (Lipinski definition) is 8. The van der Waals surface area contributed by atoms with Crippen molar-refractivity contribution in [2.45, 2.75) is 169 Å². The monoisotopic (exact) mass is 804 g/mol. The molecule has 0 aromatic carbocycles. The molecule has 0 N–H and O–H groups in total. The smallest absolute Gasteiger partial charge is 0.348 e. The molecular weight excluding hydrogens is 745 g/mol. The van der Waals surface area contributed by atoms with Crippen LogP contribution < -0.4 is 0 Å². The second-order valence-electron chi connectivity index (χ2n) is 15.3. The van der Waals surface area contributed by atoms with Gasteiger partial charge >= 0.3 is 11.9 Å². The van der Waals surface area contributed by atoms with Crippen molar-refractivity contribution in [1.29, 1.82) is 0 Å². The Morgan fingerprint density at radius 1 is 0.463 bits per heavy atom. The quantitative estimate of drug-likeness (QED) is 0.0494. The summed E-state index contributed by atoms with van der Waals surface area (Å²) in [4.78, 5) is 33.0. The average molecular weight is 805 g/mol. The first-order chi connectivity index (χ1) is 26.4. The van der Waals surface area contributed by atoms with Crippen molar-refractivity contribution in [2.75, 3.05) is 0 Å². The van der Waals surface area contributed by atoms with E-state index in [4.69, 9.17) is 9.47 Å². The van der Waals surface area contributed by atoms with Crippen LogP contribution in [0.4, 0.5) is 0 Å². The summed E-state index contributed by atoms with van der Waals surface area (Å²) in [6.07, 6.45) is 28.9. The highest BCUT2D eigenvalue weighted by molar-refractivity contribution is 7.34. The average Bonchev–Trinajstić information content (AvgIpc) is 4.01. The van der Waals surface area contributed by atoms with Crippen molar-refractivity contribution < 1.29 is 19.1 Å². The molecule has 6 rings (SSSR count). The normalized spacial score (nSPS) is 14.3. The fraction of sp³-hybridized carbons (Fsp3) is 0.565. The Kier molecular flexibility index (Phi) is 15.7. The van der Waals surface area contributed by atoms with Crippen molar-refractivity contribution in [3.63, 3.8) is 0 Å². The van der Waals surface area contributed by atoms with Crippen LogP contribution in [-0.4, -0.2) is 11.9 Å². The lowest BCUT2D eigenvalue weighted by Crippen LogP contribution is -1.98. The molecule has 0 amide bonds. The van der Waals surface area contributed by atoms with Gasteiger partial charge in [-0.05, 0) is 74.9 Å². The third kappa shape index (κ3) is 10.1. The fourth-order valence-corrected chi connectivity index (χ4v) is 13.1. The highest BCUT2D eigenvalue weighted by Gasteiger charge is 2.44. The molecule has 0 unspecified atom stereocenters. The summed E-state index contributed by atoms with van der Waals surface area (Å²) < 4.78 is 14.0. The van der Waals surface area contributed by atoms with Crippen molar-refractivity contribution in [3.05, 3.63) is 62.1 Å². The number of rotatable bonds is 25. The third-order valence-corrected chi connectivity index (χ3v) is 16.1. The highest BCUT2D eigenvalue weighted by Crippen LogP contribution is 2.52. The molecule has 0 saturated heterocycles. The summed E-state index contributed by atoms with van der Waals surface area (Å²) in [7, 11) is 0. The first-order valence-corrected chi connectivity index (χ1v) is 24.3. The molecule has 2 aliphatic heterocycles. The zero-order valence-electron chi connectivity index (χ0n) is 33.1. The van der Waals surface area contributed by atoms with Gasteiger partial charge in [-0.1, -0.05) is 129 Å². The molecule has 6 heterocycles. The van der Waals surface area contributed by atoms with Crippen LogP contribution in [0, 0.1) is 6.92 Å². The van der Waals surface area contributed by atoms with E-state index in [9.17, 15) is 9.59 Å². The number of allylic oxidation sites excluding steroid dienone is 1. The van der Waals surface area contributed by atoms with Crippen molar-refractivity contribution >= 4 is 72.4 Å². The summed E-state index contributed by atoms with van der Waals surface area (Å²) in [5.74, 6) is -0.315. The lowest BCUT2D eigenvalue weighted by atomic mass is 10.0. The van der Waals surface area contributed by atoms with Gasteiger partial charge in [0.2, 0.25) is 0 Å². The van der Waals surface area contributed by atoms with Crippen molar-refractivity contribution in [3.8, 4) is 19.5 Å². The predicted octanol–water partition coefficient (Wildman–Crippen LogP) is 15.8. The van der Waals surface area contributed by atoms with Crippen molar-refractivity contribution in [2.24, 2.45) is 0 Å². The van der Waals surface area contributed by atoms with Gasteiger partial charge in [0.15, 0.2) is 5.76 Å². The lowest BCUT2D eigenvalue weighted by molar-refractivity contribution is -0.133. The largest absolute Gasteiger partial charge is 0.427 e. The van der Waals surface area contributed by atoms with E-state index in [2.05, 4.69) is 39.0 Å². The number of aryl methyl sites for hydroxylation is 3. The molecule has 4 aromatic heterocycles. The SMILES string of the molecule is CCCCCCCCCCCCc1c(-c2ccc(C)s2)sc2c(CCCCCCCCCCCC)c(-c3ccc(C4=C5C(=O)OC(C)=C5C(=O)O4)s3)sc12. The van der Waals surface area contributed by atoms with E-state index in [0.29, 0.717) is 11.5 Å². The summed E-state index contributed by atoms with van der Waals surface area (Å²) in [5.41, 5.74) is 3.58. The molecule has 8 heteroatoms. The van der Waals surface area contributed by atoms with Gasteiger partial charge in [0.05, 0.1) is 4.88 Å². The molecule has 0 fully saturated rings. The van der Waals surface area contributed by atoms with E-state index < -0.39 is 11.9 Å². The van der Waals surface area contributed by atoms with Gasteiger partial charge in [-0.25, -0.2) is 9.59 Å². The summed E-state index contributed by atoms with van der Waals surface area (Å²) in [6.45, 7) is 8.45. The molecule has 4 aromatic rings. The Hall–Kier alpha value is -2.52. The molecule has 4 nitrogen and oxygen atoms in total. The maximum atomic E-state index is 12.7. The van der Waals surface area contributed by atoms with E-state index in [-0.39, 0.29) is 11.1 Å². The number of carbonyl (C=O) groups excluding carboxylic acids is 2. The molecule has 0 bridgehead atoms. The molecule has 292 valence electrons. The van der Waals surface area contributed by atoms with Crippen LogP contribution in [0.2, 0.25) is 0 Å². The minimum Gasteiger partial charge on any atom is -0.427 e. The molecular formula is C46H60O4S4. The zero-order valence-corrected chi connectivity index (χ0v) is 36.4. The Morgan fingerprint density at radius 3 is 1.37 bits per heavy atom. The number of unbranched alkanes of at least 4 members (excludes halogenated alkanes) is 18. The first kappa shape index (κ1) is 41.1. The standard InChI is InChI=1S/C46H60O4S4/c1-5-7-9-11-13-15-17-19-21-23-25-33-41(36-28-27-31(3)51-36)53-44-34(26-24-22-20-18-16-14-12-10-8-6-2)42(54-43(33)44)37-30-29-35(52-37)40-39-38(45(47)50-40)32(4)49-46(39)48/h27-30H,5-26H2,1-4H3. The van der Waals surface area contributed by atoms with Crippen LogP contribution in [0.3, 0.4) is 0 Å². The summed E-state index contributed by atoms with van der Waals surface area (Å²) >= 11 is 7.54. The Morgan fingerprint density at radius 2 is 0.889 bits per heavy atom. The predicted molar refractivity (Wildman–Crippen MR) is 234 cm³/mol. The second kappa shape index (κ2) is 20.6. The van der Waals surface area contributed by atoms with E-state index in [1.807, 2.05) is 40.1 Å². The Balaban J connectivity index is 1.23. The van der Waals surface area contributed by atoms with Crippen LogP contribution in [0.25, 0.3) is 34.7 Å². The van der Waals surface area contributed by atoms with E-state index in [0.717, 1.165) is 17.7 Å². The molecule has 0 spiro atoms. The Bertz CT molecular complexity index is 1930. The maximum absolute atomic E-state index is 12.7. The van der Waals surface area contributed by atoms with Gasteiger partial charge < -0.3 is 9.47 Å². The first-order valence-electron chi connectivity index (χ1n) is 21.1. The zero-order chi connectivity index (χ0) is 37.9. The van der Waals surface area contributed by atoms with Gasteiger partial charge in [0.1, 0.15) is 16.9 Å². The maximum Gasteiger partial charge on any atom is 0.348 e. The topological polar surface area (TPSA) is 52.6 Å². The van der Waals surface area contributed by atoms with Crippen LogP contribution in [0.5, 0.6) is 0 Å². The third-order valence-electron chi connectivity index (χ3n) is 11.0. The van der Waals surface area contributed by atoms with E-state index in [1.165, 1.54) is 168 Å². The van der Waals surface area contributed by atoms with Gasteiger partial charge in [0.25, 0.3) is 0 Å². The fourth-order valence-electron chi connectivity index (χ4n) is 7.93. The molecule has 0 radical (unpaired) electrons. The molecule has 0 atom stereocenters.